The smallest absolute Gasteiger partial charge is 0.238 e. The van der Waals surface area contributed by atoms with Gasteiger partial charge in [-0.25, -0.2) is 4.39 Å². The van der Waals surface area contributed by atoms with E-state index in [0.29, 0.717) is 0 Å². The SMILES string of the molecule is CCN1CCN(c2ccc(F)cc2C(C)NC(=O)[C@H]2CSCN2)CC1. The van der Waals surface area contributed by atoms with Gasteiger partial charge in [0.1, 0.15) is 5.82 Å². The molecule has 25 heavy (non-hydrogen) atoms. The number of nitrogens with zero attached hydrogens (tertiary/aromatic N) is 2. The van der Waals surface area contributed by atoms with Crippen LogP contribution in [-0.4, -0.2) is 61.2 Å². The summed E-state index contributed by atoms with van der Waals surface area (Å²) in [6.45, 7) is 9.03. The number of carbonyl (C=O) groups is 1. The summed E-state index contributed by atoms with van der Waals surface area (Å²) in [5, 5.41) is 6.22. The van der Waals surface area contributed by atoms with Gasteiger partial charge in [0.2, 0.25) is 5.91 Å². The molecule has 7 heteroatoms. The number of carbonyl (C=O) groups excluding carboxylic acids is 1. The standard InChI is InChI=1S/C18H27FN4OS/c1-3-22-6-8-23(9-7-22)17-5-4-14(19)10-15(17)13(2)21-18(24)16-11-25-12-20-16/h4-5,10,13,16,20H,3,6-9,11-12H2,1-2H3,(H,21,24)/t13?,16-/m1/s1. The maximum Gasteiger partial charge on any atom is 0.238 e. The van der Waals surface area contributed by atoms with E-state index >= 15 is 0 Å². The van der Waals surface area contributed by atoms with Crippen LogP contribution >= 0.6 is 11.8 Å². The molecular formula is C18H27FN4OS. The zero-order valence-corrected chi connectivity index (χ0v) is 15.7. The Morgan fingerprint density at radius 3 is 2.80 bits per heavy atom. The van der Waals surface area contributed by atoms with E-state index in [1.807, 2.05) is 13.0 Å². The van der Waals surface area contributed by atoms with Crippen LogP contribution in [0.4, 0.5) is 10.1 Å². The number of thioether (sulfide) groups is 1. The van der Waals surface area contributed by atoms with Crippen LogP contribution in [-0.2, 0) is 4.79 Å². The lowest BCUT2D eigenvalue weighted by Crippen LogP contribution is -2.47. The molecule has 0 spiro atoms. The molecule has 1 unspecified atom stereocenters. The zero-order chi connectivity index (χ0) is 17.8. The minimum Gasteiger partial charge on any atom is -0.369 e. The van der Waals surface area contributed by atoms with Crippen molar-refractivity contribution in [1.29, 1.82) is 0 Å². The quantitative estimate of drug-likeness (QED) is 0.832. The molecule has 2 aliphatic rings. The minimum absolute atomic E-state index is 0.0106. The average molecular weight is 367 g/mol. The van der Waals surface area contributed by atoms with E-state index in [4.69, 9.17) is 0 Å². The van der Waals surface area contributed by atoms with Gasteiger partial charge in [0.15, 0.2) is 0 Å². The zero-order valence-electron chi connectivity index (χ0n) is 14.9. The highest BCUT2D eigenvalue weighted by Crippen LogP contribution is 2.28. The summed E-state index contributed by atoms with van der Waals surface area (Å²) in [7, 11) is 0. The van der Waals surface area contributed by atoms with Crippen molar-refractivity contribution in [3.05, 3.63) is 29.6 Å². The van der Waals surface area contributed by atoms with E-state index < -0.39 is 0 Å². The van der Waals surface area contributed by atoms with E-state index in [9.17, 15) is 9.18 Å². The van der Waals surface area contributed by atoms with E-state index in [1.165, 1.54) is 6.07 Å². The number of piperazine rings is 1. The molecule has 2 atom stereocenters. The molecule has 2 fully saturated rings. The molecule has 3 rings (SSSR count). The predicted octanol–water partition coefficient (Wildman–Crippen LogP) is 1.81. The molecule has 0 aliphatic carbocycles. The first kappa shape index (κ1) is 18.5. The maximum atomic E-state index is 13.9. The highest BCUT2D eigenvalue weighted by Gasteiger charge is 2.26. The molecule has 2 aliphatic heterocycles. The van der Waals surface area contributed by atoms with E-state index in [-0.39, 0.29) is 23.8 Å². The van der Waals surface area contributed by atoms with Crippen LogP contribution in [0, 0.1) is 5.82 Å². The van der Waals surface area contributed by atoms with Crippen LogP contribution in [0.2, 0.25) is 0 Å². The lowest BCUT2D eigenvalue weighted by Gasteiger charge is -2.37. The first-order chi connectivity index (χ1) is 12.1. The lowest BCUT2D eigenvalue weighted by atomic mass is 10.0. The molecule has 0 bridgehead atoms. The number of amides is 1. The lowest BCUT2D eigenvalue weighted by molar-refractivity contribution is -0.123. The summed E-state index contributed by atoms with van der Waals surface area (Å²) < 4.78 is 13.9. The van der Waals surface area contributed by atoms with Gasteiger partial charge in [-0.1, -0.05) is 6.92 Å². The van der Waals surface area contributed by atoms with Crippen molar-refractivity contribution in [3.8, 4) is 0 Å². The first-order valence-corrected chi connectivity index (χ1v) is 10.1. The minimum atomic E-state index is -0.262. The highest BCUT2D eigenvalue weighted by atomic mass is 32.2. The van der Waals surface area contributed by atoms with Gasteiger partial charge in [0, 0.05) is 49.1 Å². The number of halogens is 1. The summed E-state index contributed by atoms with van der Waals surface area (Å²) in [6, 6.07) is 4.53. The number of benzene rings is 1. The molecule has 138 valence electrons. The third-order valence-corrected chi connectivity index (χ3v) is 5.95. The van der Waals surface area contributed by atoms with Gasteiger partial charge < -0.3 is 15.1 Å². The van der Waals surface area contributed by atoms with E-state index in [1.54, 1.807) is 17.8 Å². The number of likely N-dealkylation sites (N-methyl/N-ethyl adjacent to an activating group) is 1. The molecular weight excluding hydrogens is 339 g/mol. The fourth-order valence-corrected chi connectivity index (χ4v) is 4.36. The average Bonchev–Trinajstić information content (AvgIpc) is 3.16. The van der Waals surface area contributed by atoms with Crippen molar-refractivity contribution < 1.29 is 9.18 Å². The Kier molecular flexibility index (Phi) is 6.19. The summed E-state index contributed by atoms with van der Waals surface area (Å²) in [4.78, 5) is 17.1. The number of rotatable bonds is 5. The van der Waals surface area contributed by atoms with Crippen molar-refractivity contribution in [2.75, 3.05) is 49.3 Å². The molecule has 2 N–H and O–H groups in total. The fourth-order valence-electron chi connectivity index (χ4n) is 3.42. The third-order valence-electron chi connectivity index (χ3n) is 5.01. The van der Waals surface area contributed by atoms with Gasteiger partial charge in [0.25, 0.3) is 0 Å². The van der Waals surface area contributed by atoms with Gasteiger partial charge >= 0.3 is 0 Å². The number of anilines is 1. The predicted molar refractivity (Wildman–Crippen MR) is 102 cm³/mol. The van der Waals surface area contributed by atoms with Crippen LogP contribution in [0.5, 0.6) is 0 Å². The van der Waals surface area contributed by atoms with Gasteiger partial charge in [-0.2, -0.15) is 0 Å². The highest BCUT2D eigenvalue weighted by molar-refractivity contribution is 7.99. The summed E-state index contributed by atoms with van der Waals surface area (Å²) in [5.74, 6) is 1.32. The second-order valence-electron chi connectivity index (χ2n) is 6.63. The number of hydrogen-bond acceptors (Lipinski definition) is 5. The van der Waals surface area contributed by atoms with Gasteiger partial charge in [0.05, 0.1) is 12.1 Å². The normalized spacial score (nSPS) is 22.8. The Bertz CT molecular complexity index is 601. The van der Waals surface area contributed by atoms with Crippen LogP contribution < -0.4 is 15.5 Å². The topological polar surface area (TPSA) is 47.6 Å². The Morgan fingerprint density at radius 2 is 2.16 bits per heavy atom. The molecule has 0 aromatic heterocycles. The van der Waals surface area contributed by atoms with Crippen LogP contribution in [0.15, 0.2) is 18.2 Å². The summed E-state index contributed by atoms with van der Waals surface area (Å²) in [6.07, 6.45) is 0. The molecule has 5 nitrogen and oxygen atoms in total. The van der Waals surface area contributed by atoms with Crippen molar-refractivity contribution in [2.24, 2.45) is 0 Å². The second kappa shape index (κ2) is 8.38. The van der Waals surface area contributed by atoms with Gasteiger partial charge in [-0.05, 0) is 31.7 Å². The van der Waals surface area contributed by atoms with Crippen molar-refractivity contribution in [3.63, 3.8) is 0 Å². The second-order valence-corrected chi connectivity index (χ2v) is 7.66. The maximum absolute atomic E-state index is 13.9. The monoisotopic (exact) mass is 366 g/mol. The number of nitrogens with one attached hydrogen (secondary N) is 2. The largest absolute Gasteiger partial charge is 0.369 e. The van der Waals surface area contributed by atoms with Crippen LogP contribution in [0.3, 0.4) is 0 Å². The van der Waals surface area contributed by atoms with Gasteiger partial charge in [-0.3, -0.25) is 10.1 Å². The molecule has 1 amide bonds. The Balaban J connectivity index is 1.73. The molecule has 2 heterocycles. The molecule has 1 aromatic carbocycles. The molecule has 0 saturated carbocycles. The first-order valence-electron chi connectivity index (χ1n) is 8.96. The summed E-state index contributed by atoms with van der Waals surface area (Å²) >= 11 is 1.72. The van der Waals surface area contributed by atoms with Crippen LogP contribution in [0.25, 0.3) is 0 Å². The fraction of sp³-hybridized carbons (Fsp3) is 0.611. The van der Waals surface area contributed by atoms with Crippen molar-refractivity contribution in [2.45, 2.75) is 25.9 Å². The molecule has 1 aromatic rings. The Labute approximate surface area is 153 Å². The van der Waals surface area contributed by atoms with Crippen molar-refractivity contribution in [1.82, 2.24) is 15.5 Å². The Hall–Kier alpha value is -1.31. The van der Waals surface area contributed by atoms with E-state index in [0.717, 1.165) is 55.6 Å². The van der Waals surface area contributed by atoms with E-state index in [2.05, 4.69) is 27.4 Å². The Morgan fingerprint density at radius 1 is 1.40 bits per heavy atom. The van der Waals surface area contributed by atoms with Gasteiger partial charge in [-0.15, -0.1) is 11.8 Å². The number of hydrogen-bond donors (Lipinski definition) is 2. The third kappa shape index (κ3) is 4.46. The summed E-state index contributed by atoms with van der Waals surface area (Å²) in [5.41, 5.74) is 1.88. The van der Waals surface area contributed by atoms with Crippen molar-refractivity contribution >= 4 is 23.4 Å². The molecule has 0 radical (unpaired) electrons. The van der Waals surface area contributed by atoms with Crippen LogP contribution in [0.1, 0.15) is 25.5 Å². The molecule has 2 saturated heterocycles.